The standard InChI is InChI=1S/C37H65NO13/c1-14-25-37(10,45)30(41)20(4)27(39)18(2)16-35(8,44)32(51-34-28(40)24(38(11)12)15-19(3)47-34)21(5)29(22(6)33(43)49-25)50-26-17-36(9,46-13)31(42)23(7)48-26/h18-26,28-29,31-32,34,40,42,44-45H,14-17H2,1-13H3/t18-,19-,20?,21+,22-,23+,24+,25+,26?,28-,29?,31?,32-,34?,35-,36-,37+/m1/s1. The maximum Gasteiger partial charge on any atom is 0.311 e. The number of nitrogens with zero attached hydrogens (tertiary/aromatic N) is 1. The Morgan fingerprint density at radius 3 is 2.08 bits per heavy atom. The number of Topliss-reactive ketones (excluding diaryl/α,β-unsaturated/α-hetero) is 2. The minimum atomic E-state index is -2.19. The Morgan fingerprint density at radius 1 is 0.922 bits per heavy atom. The summed E-state index contributed by atoms with van der Waals surface area (Å²) < 4.78 is 36.9. The van der Waals surface area contributed by atoms with Crippen molar-refractivity contribution >= 4 is 17.5 Å². The summed E-state index contributed by atoms with van der Waals surface area (Å²) in [6.07, 6.45) is -8.44. The van der Waals surface area contributed by atoms with Gasteiger partial charge in [0.15, 0.2) is 24.0 Å². The molecule has 296 valence electrons. The zero-order valence-corrected chi connectivity index (χ0v) is 32.8. The fourth-order valence-electron chi connectivity index (χ4n) is 8.24. The summed E-state index contributed by atoms with van der Waals surface area (Å²) in [6.45, 7) is 16.0. The number of esters is 1. The van der Waals surface area contributed by atoms with Gasteiger partial charge >= 0.3 is 5.97 Å². The van der Waals surface area contributed by atoms with E-state index in [0.717, 1.165) is 0 Å². The Bertz CT molecular complexity index is 1210. The molecule has 4 N–H and O–H groups in total. The van der Waals surface area contributed by atoms with Gasteiger partial charge in [-0.1, -0.05) is 20.8 Å². The number of hydrogen-bond donors (Lipinski definition) is 4. The Hall–Kier alpha value is -1.59. The van der Waals surface area contributed by atoms with Gasteiger partial charge in [-0.15, -0.1) is 0 Å². The second-order valence-electron chi connectivity index (χ2n) is 16.2. The predicted molar refractivity (Wildman–Crippen MR) is 185 cm³/mol. The normalized spacial score (nSPS) is 48.3. The lowest BCUT2D eigenvalue weighted by Crippen LogP contribution is -2.61. The molecule has 3 rings (SSSR count). The van der Waals surface area contributed by atoms with Crippen molar-refractivity contribution in [2.75, 3.05) is 21.2 Å². The molecule has 0 aromatic heterocycles. The zero-order chi connectivity index (χ0) is 39.0. The largest absolute Gasteiger partial charge is 0.459 e. The number of ether oxygens (including phenoxy) is 6. The van der Waals surface area contributed by atoms with Crippen molar-refractivity contribution in [3.05, 3.63) is 0 Å². The van der Waals surface area contributed by atoms with Gasteiger partial charge in [-0.3, -0.25) is 14.4 Å². The first-order chi connectivity index (χ1) is 23.4. The number of cyclic esters (lactones) is 1. The van der Waals surface area contributed by atoms with Crippen LogP contribution in [0.15, 0.2) is 0 Å². The number of aliphatic hydroxyl groups excluding tert-OH is 2. The molecule has 14 nitrogen and oxygen atoms in total. The molecular weight excluding hydrogens is 666 g/mol. The lowest BCUT2D eigenvalue weighted by Gasteiger charge is -2.49. The smallest absolute Gasteiger partial charge is 0.311 e. The molecule has 0 saturated carbocycles. The van der Waals surface area contributed by atoms with Crippen LogP contribution in [0, 0.1) is 23.7 Å². The summed E-state index contributed by atoms with van der Waals surface area (Å²) in [5.41, 5.74) is -5.07. The molecule has 0 spiro atoms. The summed E-state index contributed by atoms with van der Waals surface area (Å²) in [5.74, 6) is -6.22. The highest BCUT2D eigenvalue weighted by Gasteiger charge is 2.53. The van der Waals surface area contributed by atoms with Crippen molar-refractivity contribution in [2.24, 2.45) is 23.7 Å². The third-order valence-electron chi connectivity index (χ3n) is 11.6. The maximum absolute atomic E-state index is 14.0. The Balaban J connectivity index is 2.19. The molecule has 0 aromatic carbocycles. The van der Waals surface area contributed by atoms with Gasteiger partial charge in [0.2, 0.25) is 0 Å². The van der Waals surface area contributed by atoms with Crippen LogP contribution in [0.3, 0.4) is 0 Å². The topological polar surface area (TPSA) is 191 Å². The average Bonchev–Trinajstić information content (AvgIpc) is 3.05. The van der Waals surface area contributed by atoms with E-state index in [4.69, 9.17) is 28.4 Å². The molecule has 3 saturated heterocycles. The Labute approximate surface area is 303 Å². The molecule has 0 bridgehead atoms. The van der Waals surface area contributed by atoms with Gasteiger partial charge in [-0.05, 0) is 81.8 Å². The van der Waals surface area contributed by atoms with Crippen LogP contribution >= 0.6 is 0 Å². The second-order valence-corrected chi connectivity index (χ2v) is 16.2. The van der Waals surface area contributed by atoms with Crippen molar-refractivity contribution < 1.29 is 63.2 Å². The minimum Gasteiger partial charge on any atom is -0.459 e. The maximum atomic E-state index is 14.0. The van der Waals surface area contributed by atoms with E-state index in [1.165, 1.54) is 27.9 Å². The lowest BCUT2D eigenvalue weighted by atomic mass is 9.74. The molecule has 0 radical (unpaired) electrons. The summed E-state index contributed by atoms with van der Waals surface area (Å²) in [7, 11) is 5.16. The lowest BCUT2D eigenvalue weighted by molar-refractivity contribution is -0.317. The van der Waals surface area contributed by atoms with E-state index >= 15 is 0 Å². The first-order valence-corrected chi connectivity index (χ1v) is 18.4. The number of carbonyl (C=O) groups excluding carboxylic acids is 3. The summed E-state index contributed by atoms with van der Waals surface area (Å²) in [5, 5.41) is 46.1. The van der Waals surface area contributed by atoms with E-state index in [1.54, 1.807) is 41.5 Å². The highest BCUT2D eigenvalue weighted by Crippen LogP contribution is 2.40. The minimum absolute atomic E-state index is 0.0741. The summed E-state index contributed by atoms with van der Waals surface area (Å²) >= 11 is 0. The van der Waals surface area contributed by atoms with E-state index in [2.05, 4.69) is 0 Å². The quantitative estimate of drug-likeness (QED) is 0.220. The van der Waals surface area contributed by atoms with Gasteiger partial charge in [-0.25, -0.2) is 0 Å². The Morgan fingerprint density at radius 2 is 1.53 bits per heavy atom. The summed E-state index contributed by atoms with van der Waals surface area (Å²) in [4.78, 5) is 43.3. The van der Waals surface area contributed by atoms with Crippen molar-refractivity contribution in [3.63, 3.8) is 0 Å². The molecule has 3 heterocycles. The molecule has 3 fully saturated rings. The van der Waals surface area contributed by atoms with Crippen molar-refractivity contribution in [3.8, 4) is 0 Å². The van der Waals surface area contributed by atoms with Crippen LogP contribution in [-0.2, 0) is 42.8 Å². The van der Waals surface area contributed by atoms with E-state index in [-0.39, 0.29) is 31.4 Å². The second kappa shape index (κ2) is 16.8. The summed E-state index contributed by atoms with van der Waals surface area (Å²) in [6, 6.07) is -0.333. The number of aliphatic hydroxyl groups is 4. The third kappa shape index (κ3) is 9.38. The monoisotopic (exact) mass is 731 g/mol. The highest BCUT2D eigenvalue weighted by molar-refractivity contribution is 6.06. The SMILES string of the molecule is CC[C@@H]1OC(=O)[C@H](C)C(OC2C[C@@](C)(OC)C(O)[C@H](C)O2)[C@H](C)[C@@H](OC2O[C@H](C)C[C@H](N(C)C)[C@H]2O)[C@](C)(O)C[C@@H](C)C(=O)C(C)C(=O)[C@@]1(C)O. The van der Waals surface area contributed by atoms with Crippen LogP contribution in [0.5, 0.6) is 0 Å². The molecule has 14 heteroatoms. The number of carbonyl (C=O) groups is 3. The average molecular weight is 732 g/mol. The van der Waals surface area contributed by atoms with Crippen LogP contribution in [0.2, 0.25) is 0 Å². The molecule has 0 amide bonds. The van der Waals surface area contributed by atoms with Gasteiger partial charge in [0, 0.05) is 31.4 Å². The van der Waals surface area contributed by atoms with Crippen LogP contribution in [-0.4, -0.2) is 142 Å². The first kappa shape index (κ1) is 43.8. The van der Waals surface area contributed by atoms with Crippen LogP contribution in [0.1, 0.15) is 94.9 Å². The van der Waals surface area contributed by atoms with Crippen molar-refractivity contribution in [1.82, 2.24) is 4.90 Å². The van der Waals surface area contributed by atoms with Gasteiger partial charge < -0.3 is 53.7 Å². The Kier molecular flexibility index (Phi) is 14.5. The molecule has 17 atom stereocenters. The molecular formula is C37H65NO13. The molecule has 3 aliphatic rings. The van der Waals surface area contributed by atoms with E-state index in [0.29, 0.717) is 6.42 Å². The zero-order valence-electron chi connectivity index (χ0n) is 32.8. The fraction of sp³-hybridized carbons (Fsp3) is 0.919. The van der Waals surface area contributed by atoms with Crippen molar-refractivity contribution in [2.45, 2.75) is 173 Å². The molecule has 5 unspecified atom stereocenters. The number of ketones is 2. The van der Waals surface area contributed by atoms with Crippen LogP contribution in [0.25, 0.3) is 0 Å². The van der Waals surface area contributed by atoms with Gasteiger partial charge in [0.25, 0.3) is 0 Å². The number of rotatable bonds is 7. The number of hydrogen-bond acceptors (Lipinski definition) is 14. The van der Waals surface area contributed by atoms with E-state index in [1.807, 2.05) is 25.9 Å². The number of methoxy groups -OCH3 is 1. The van der Waals surface area contributed by atoms with Gasteiger partial charge in [0.1, 0.15) is 24.1 Å². The van der Waals surface area contributed by atoms with Crippen molar-refractivity contribution in [1.29, 1.82) is 0 Å². The van der Waals surface area contributed by atoms with Gasteiger partial charge in [-0.2, -0.15) is 0 Å². The predicted octanol–water partition coefficient (Wildman–Crippen LogP) is 1.99. The molecule has 3 aliphatic heterocycles. The molecule has 0 aliphatic carbocycles. The van der Waals surface area contributed by atoms with E-state index in [9.17, 15) is 34.8 Å². The molecule has 51 heavy (non-hydrogen) atoms. The van der Waals surface area contributed by atoms with Crippen LogP contribution in [0.4, 0.5) is 0 Å². The number of likely N-dealkylation sites (N-methyl/N-ethyl adjacent to an activating group) is 1. The van der Waals surface area contributed by atoms with Gasteiger partial charge in [0.05, 0.1) is 47.5 Å². The van der Waals surface area contributed by atoms with E-state index < -0.39 is 107 Å². The van der Waals surface area contributed by atoms with Crippen LogP contribution < -0.4 is 0 Å². The fourth-order valence-corrected chi connectivity index (χ4v) is 8.24. The highest BCUT2D eigenvalue weighted by atomic mass is 16.7. The first-order valence-electron chi connectivity index (χ1n) is 18.4. The third-order valence-corrected chi connectivity index (χ3v) is 11.6. The molecule has 0 aromatic rings.